The van der Waals surface area contributed by atoms with Gasteiger partial charge in [-0.05, 0) is 83.1 Å². The minimum absolute atomic E-state index is 0.0297. The van der Waals surface area contributed by atoms with Gasteiger partial charge in [-0.2, -0.15) is 0 Å². The first-order valence-electron chi connectivity index (χ1n) is 16.3. The lowest BCUT2D eigenvalue weighted by Crippen LogP contribution is -2.46. The fraction of sp³-hybridized carbons (Fsp3) is 0.781. The molecule has 7 rings (SSSR count). The molecule has 0 N–H and O–H groups in total. The Hall–Kier alpha value is -1.85. The van der Waals surface area contributed by atoms with E-state index in [9.17, 15) is 4.79 Å². The average molecular weight is 599 g/mol. The summed E-state index contributed by atoms with van der Waals surface area (Å²) in [7, 11) is 0. The van der Waals surface area contributed by atoms with Crippen molar-refractivity contribution < 1.29 is 23.7 Å². The lowest BCUT2D eigenvalue weighted by molar-refractivity contribution is -0.163. The molecule has 2 aromatic rings. The van der Waals surface area contributed by atoms with Gasteiger partial charge in [-0.3, -0.25) is 14.6 Å². The molecule has 2 saturated heterocycles. The van der Waals surface area contributed by atoms with Crippen LogP contribution in [0.4, 0.5) is 0 Å². The molecule has 10 heteroatoms. The molecule has 0 bridgehead atoms. The number of aryl methyl sites for hydroxylation is 1. The molecule has 3 aliphatic carbocycles. The van der Waals surface area contributed by atoms with Crippen LogP contribution in [0.3, 0.4) is 0 Å². The number of fused-ring (bicyclic) bond motifs is 3. The molecule has 230 valence electrons. The second-order valence-electron chi connectivity index (χ2n) is 13.3. The Morgan fingerprint density at radius 2 is 1.48 bits per heavy atom. The van der Waals surface area contributed by atoms with Gasteiger partial charge in [0.15, 0.2) is 0 Å². The fourth-order valence-electron chi connectivity index (χ4n) is 7.92. The van der Waals surface area contributed by atoms with Crippen LogP contribution >= 0.6 is 11.3 Å². The molecule has 0 radical (unpaired) electrons. The third-order valence-electron chi connectivity index (χ3n) is 10.6. The van der Waals surface area contributed by atoms with E-state index in [1.165, 1.54) is 10.4 Å². The summed E-state index contributed by atoms with van der Waals surface area (Å²) in [6.07, 6.45) is 12.7. The third kappa shape index (κ3) is 6.07. The van der Waals surface area contributed by atoms with Gasteiger partial charge in [0.25, 0.3) is 0 Å². The van der Waals surface area contributed by atoms with Gasteiger partial charge in [0, 0.05) is 43.1 Å². The predicted molar refractivity (Wildman–Crippen MR) is 161 cm³/mol. The Labute approximate surface area is 253 Å². The maximum atomic E-state index is 13.7. The highest BCUT2D eigenvalue weighted by Gasteiger charge is 2.42. The lowest BCUT2D eigenvalue weighted by Gasteiger charge is -2.39. The number of hydrogen-bond donors (Lipinski definition) is 0. The Morgan fingerprint density at radius 1 is 0.881 bits per heavy atom. The van der Waals surface area contributed by atoms with E-state index in [0.29, 0.717) is 24.4 Å². The van der Waals surface area contributed by atoms with Crippen molar-refractivity contribution in [1.29, 1.82) is 0 Å². The van der Waals surface area contributed by atoms with Crippen molar-refractivity contribution >= 4 is 27.5 Å². The second-order valence-corrected chi connectivity index (χ2v) is 14.4. The lowest BCUT2D eigenvalue weighted by atomic mass is 9.74. The van der Waals surface area contributed by atoms with Crippen molar-refractivity contribution in [3.05, 3.63) is 16.8 Å². The minimum Gasteiger partial charge on any atom is -0.474 e. The van der Waals surface area contributed by atoms with Crippen LogP contribution in [0.1, 0.15) is 75.2 Å². The second kappa shape index (κ2) is 12.6. The number of ether oxygens (including phenoxy) is 4. The summed E-state index contributed by atoms with van der Waals surface area (Å²) in [4.78, 5) is 30.4. The zero-order valence-electron chi connectivity index (χ0n) is 25.1. The van der Waals surface area contributed by atoms with Gasteiger partial charge in [-0.1, -0.05) is 0 Å². The van der Waals surface area contributed by atoms with Crippen molar-refractivity contribution in [2.45, 2.75) is 102 Å². The van der Waals surface area contributed by atoms with E-state index in [1.807, 2.05) is 0 Å². The highest BCUT2D eigenvalue weighted by Crippen LogP contribution is 2.46. The van der Waals surface area contributed by atoms with E-state index in [2.05, 4.69) is 26.7 Å². The molecular weight excluding hydrogens is 552 g/mol. The van der Waals surface area contributed by atoms with E-state index < -0.39 is 5.41 Å². The van der Waals surface area contributed by atoms with Gasteiger partial charge < -0.3 is 18.9 Å². The molecule has 42 heavy (non-hydrogen) atoms. The van der Waals surface area contributed by atoms with Crippen LogP contribution < -0.4 is 4.74 Å². The highest BCUT2D eigenvalue weighted by molar-refractivity contribution is 7.18. The number of rotatable bonds is 6. The van der Waals surface area contributed by atoms with Crippen molar-refractivity contribution in [2.75, 3.05) is 52.6 Å². The Morgan fingerprint density at radius 3 is 2.10 bits per heavy atom. The summed E-state index contributed by atoms with van der Waals surface area (Å²) >= 11 is 1.74. The van der Waals surface area contributed by atoms with E-state index in [0.717, 1.165) is 127 Å². The molecule has 0 amide bonds. The van der Waals surface area contributed by atoms with E-state index in [1.54, 1.807) is 17.7 Å². The SMILES string of the molecule is CC1(C(=O)OC2CCC(N3CCOCC3)CC2)CCc2sc3ncnc(OC4CCC(N5CCOCC5)CC4)c3c2C1. The molecule has 1 unspecified atom stereocenters. The summed E-state index contributed by atoms with van der Waals surface area (Å²) in [5.74, 6) is 0.662. The fourth-order valence-corrected chi connectivity index (χ4v) is 9.07. The van der Waals surface area contributed by atoms with Gasteiger partial charge in [0.1, 0.15) is 23.4 Å². The number of aromatic nitrogens is 2. The molecule has 2 saturated carbocycles. The maximum absolute atomic E-state index is 13.7. The number of carbonyl (C=O) groups excluding carboxylic acids is 1. The first-order valence-corrected chi connectivity index (χ1v) is 17.1. The first-order chi connectivity index (χ1) is 20.6. The van der Waals surface area contributed by atoms with Crippen LogP contribution in [0.15, 0.2) is 6.33 Å². The number of carbonyl (C=O) groups is 1. The average Bonchev–Trinajstić information content (AvgIpc) is 3.41. The van der Waals surface area contributed by atoms with Crippen LogP contribution in [0, 0.1) is 5.41 Å². The monoisotopic (exact) mass is 598 g/mol. The molecule has 4 heterocycles. The molecule has 9 nitrogen and oxygen atoms in total. The van der Waals surface area contributed by atoms with Gasteiger partial charge in [-0.25, -0.2) is 9.97 Å². The summed E-state index contributed by atoms with van der Waals surface area (Å²) < 4.78 is 23.9. The quantitative estimate of drug-likeness (QED) is 0.449. The van der Waals surface area contributed by atoms with Crippen molar-refractivity contribution in [1.82, 2.24) is 19.8 Å². The standard InChI is InChI=1S/C32H46N4O5S/c1-32(31(37)41-25-8-4-23(5-9-25)36-14-18-39-19-15-36)11-10-27-26(20-32)28-29(33-21-34-30(28)42-27)40-24-6-2-22(3-7-24)35-12-16-38-17-13-35/h21-25H,2-20H2,1H3. The number of morpholine rings is 2. The zero-order valence-corrected chi connectivity index (χ0v) is 25.9. The topological polar surface area (TPSA) is 86.2 Å². The Bertz CT molecular complexity index is 1230. The first kappa shape index (κ1) is 28.9. The summed E-state index contributed by atoms with van der Waals surface area (Å²) in [6, 6.07) is 1.23. The van der Waals surface area contributed by atoms with Crippen molar-refractivity contribution in [3.8, 4) is 5.88 Å². The van der Waals surface area contributed by atoms with Crippen LogP contribution in [-0.2, 0) is 31.8 Å². The van der Waals surface area contributed by atoms with E-state index in [-0.39, 0.29) is 18.2 Å². The molecule has 1 atom stereocenters. The summed E-state index contributed by atoms with van der Waals surface area (Å²) in [5.41, 5.74) is 0.667. The largest absolute Gasteiger partial charge is 0.474 e. The number of thiophene rings is 1. The van der Waals surface area contributed by atoms with Gasteiger partial charge in [-0.15, -0.1) is 11.3 Å². The number of hydrogen-bond acceptors (Lipinski definition) is 10. The molecule has 4 fully saturated rings. The van der Waals surface area contributed by atoms with Crippen LogP contribution in [0.25, 0.3) is 10.2 Å². The molecule has 2 aliphatic heterocycles. The molecule has 0 spiro atoms. The zero-order chi connectivity index (χ0) is 28.5. The molecule has 0 aromatic carbocycles. The van der Waals surface area contributed by atoms with Crippen molar-refractivity contribution in [3.63, 3.8) is 0 Å². The Balaban J connectivity index is 0.989. The third-order valence-corrected chi connectivity index (χ3v) is 11.8. The van der Waals surface area contributed by atoms with Crippen LogP contribution in [-0.4, -0.2) is 103 Å². The smallest absolute Gasteiger partial charge is 0.312 e. The molecular formula is C32H46N4O5S. The van der Waals surface area contributed by atoms with E-state index in [4.69, 9.17) is 18.9 Å². The minimum atomic E-state index is -0.536. The van der Waals surface area contributed by atoms with Gasteiger partial charge in [0.2, 0.25) is 5.88 Å². The maximum Gasteiger partial charge on any atom is 0.312 e. The Kier molecular flexibility index (Phi) is 8.69. The molecule has 5 aliphatic rings. The van der Waals surface area contributed by atoms with E-state index >= 15 is 0 Å². The highest BCUT2D eigenvalue weighted by atomic mass is 32.1. The molecule has 2 aromatic heterocycles. The van der Waals surface area contributed by atoms with Crippen LogP contribution in [0.5, 0.6) is 5.88 Å². The summed E-state index contributed by atoms with van der Waals surface area (Å²) in [5, 5.41) is 1.03. The van der Waals surface area contributed by atoms with Gasteiger partial charge >= 0.3 is 5.97 Å². The normalized spacial score (nSPS) is 33.3. The number of nitrogens with zero attached hydrogens (tertiary/aromatic N) is 4. The summed E-state index contributed by atoms with van der Waals surface area (Å²) in [6.45, 7) is 9.59. The van der Waals surface area contributed by atoms with Crippen LogP contribution in [0.2, 0.25) is 0 Å². The predicted octanol–water partition coefficient (Wildman–Crippen LogP) is 4.40. The van der Waals surface area contributed by atoms with Gasteiger partial charge in [0.05, 0.1) is 37.2 Å². The van der Waals surface area contributed by atoms with Crippen molar-refractivity contribution in [2.24, 2.45) is 5.41 Å². The number of esters is 1.